The van der Waals surface area contributed by atoms with Crippen molar-refractivity contribution in [3.63, 3.8) is 0 Å². The zero-order valence-electron chi connectivity index (χ0n) is 28.9. The molecule has 0 fully saturated rings. The molecule has 6 nitrogen and oxygen atoms in total. The predicted molar refractivity (Wildman–Crippen MR) is 189 cm³/mol. The van der Waals surface area contributed by atoms with E-state index in [9.17, 15) is 0 Å². The lowest BCUT2D eigenvalue weighted by molar-refractivity contribution is 0.0705. The average molecular weight is 641 g/mol. The molecule has 6 heteroatoms. The molecule has 0 amide bonds. The summed E-state index contributed by atoms with van der Waals surface area (Å²) in [5, 5.41) is 18.0. The highest BCUT2D eigenvalue weighted by Gasteiger charge is 2.39. The lowest BCUT2D eigenvalue weighted by Gasteiger charge is -2.38. The normalized spacial score (nSPS) is 12.3. The summed E-state index contributed by atoms with van der Waals surface area (Å²) in [6, 6.07) is 34.8. The Balaban J connectivity index is 1.84. The van der Waals surface area contributed by atoms with Crippen molar-refractivity contribution in [3.05, 3.63) is 130 Å². The van der Waals surface area contributed by atoms with E-state index in [2.05, 4.69) is 114 Å². The van der Waals surface area contributed by atoms with Crippen LogP contribution in [0.1, 0.15) is 74.9 Å². The van der Waals surface area contributed by atoms with E-state index in [4.69, 9.17) is 29.2 Å². The van der Waals surface area contributed by atoms with E-state index in [0.717, 1.165) is 33.8 Å². The second-order valence-corrected chi connectivity index (χ2v) is 13.8. The average Bonchev–Trinajstić information content (AvgIpc) is 3.06. The fraction of sp³-hybridized carbons (Fsp3) is 0.415. The molecule has 2 N–H and O–H groups in total. The summed E-state index contributed by atoms with van der Waals surface area (Å²) in [6.07, 6.45) is 0. The molecule has 4 rings (SSSR count). The Kier molecular flexibility index (Phi) is 12.6. The monoisotopic (exact) mass is 640 g/mol. The number of hydrogen-bond acceptors (Lipinski definition) is 6. The molecule has 0 saturated heterocycles. The molecular formula is C41H52O6. The van der Waals surface area contributed by atoms with Crippen LogP contribution in [0, 0.1) is 0 Å². The van der Waals surface area contributed by atoms with Crippen molar-refractivity contribution in [3.8, 4) is 11.5 Å². The van der Waals surface area contributed by atoms with Gasteiger partial charge in [-0.1, -0.05) is 114 Å². The van der Waals surface area contributed by atoms with E-state index >= 15 is 0 Å². The fourth-order valence-electron chi connectivity index (χ4n) is 5.81. The van der Waals surface area contributed by atoms with E-state index < -0.39 is 5.41 Å². The minimum atomic E-state index is -0.641. The van der Waals surface area contributed by atoms with Gasteiger partial charge < -0.3 is 29.2 Å². The molecule has 0 aliphatic carbocycles. The number of aliphatic hydroxyl groups excluding tert-OH is 2. The van der Waals surface area contributed by atoms with Crippen molar-refractivity contribution < 1.29 is 29.2 Å². The molecule has 0 radical (unpaired) electrons. The molecule has 0 heterocycles. The number of benzene rings is 4. The van der Waals surface area contributed by atoms with Crippen molar-refractivity contribution in [1.82, 2.24) is 0 Å². The highest BCUT2D eigenvalue weighted by atomic mass is 16.5. The Morgan fingerprint density at radius 2 is 0.660 bits per heavy atom. The molecule has 0 saturated carbocycles. The molecule has 0 bridgehead atoms. The molecule has 0 aromatic heterocycles. The van der Waals surface area contributed by atoms with Gasteiger partial charge in [0.25, 0.3) is 0 Å². The maximum absolute atomic E-state index is 8.98. The lowest BCUT2D eigenvalue weighted by Crippen LogP contribution is -2.31. The Bertz CT molecular complexity index is 1360. The van der Waals surface area contributed by atoms with Gasteiger partial charge in [-0.25, -0.2) is 0 Å². The van der Waals surface area contributed by atoms with E-state index in [1.54, 1.807) is 0 Å². The number of hydrogen-bond donors (Lipinski definition) is 2. The Morgan fingerprint density at radius 1 is 0.383 bits per heavy atom. The van der Waals surface area contributed by atoms with E-state index in [1.165, 1.54) is 11.1 Å². The first kappa shape index (κ1) is 36.2. The number of ether oxygens (including phenoxy) is 4. The molecule has 47 heavy (non-hydrogen) atoms. The van der Waals surface area contributed by atoms with Crippen molar-refractivity contribution in [1.29, 1.82) is 0 Å². The van der Waals surface area contributed by atoms with E-state index in [-0.39, 0.29) is 24.0 Å². The summed E-state index contributed by atoms with van der Waals surface area (Å²) in [4.78, 5) is 0. The van der Waals surface area contributed by atoms with Crippen LogP contribution in [0.4, 0.5) is 0 Å². The van der Waals surface area contributed by atoms with Crippen LogP contribution >= 0.6 is 0 Å². The highest BCUT2D eigenvalue weighted by Crippen LogP contribution is 2.46. The van der Waals surface area contributed by atoms with Gasteiger partial charge in [-0.15, -0.1) is 0 Å². The van der Waals surface area contributed by atoms with Gasteiger partial charge in [0.1, 0.15) is 24.7 Å². The molecule has 252 valence electrons. The predicted octanol–water partition coefficient (Wildman–Crippen LogP) is 7.44. The van der Waals surface area contributed by atoms with Crippen LogP contribution in [0.15, 0.2) is 97.1 Å². The maximum atomic E-state index is 8.98. The smallest absolute Gasteiger partial charge is 0.119 e. The van der Waals surface area contributed by atoms with Gasteiger partial charge in [0.2, 0.25) is 0 Å². The van der Waals surface area contributed by atoms with Crippen LogP contribution in [0.25, 0.3) is 0 Å². The molecule has 0 unspecified atom stereocenters. The van der Waals surface area contributed by atoms with Gasteiger partial charge in [-0.05, 0) is 68.5 Å². The maximum Gasteiger partial charge on any atom is 0.119 e. The Hall–Kier alpha value is -3.68. The summed E-state index contributed by atoms with van der Waals surface area (Å²) in [6.45, 7) is 15.6. The van der Waals surface area contributed by atoms with Crippen molar-refractivity contribution in [2.45, 2.75) is 57.8 Å². The van der Waals surface area contributed by atoms with Crippen LogP contribution in [-0.2, 0) is 25.7 Å². The highest BCUT2D eigenvalue weighted by molar-refractivity contribution is 5.61. The molecule has 0 aliphatic rings. The third kappa shape index (κ3) is 9.23. The van der Waals surface area contributed by atoms with E-state index in [1.807, 2.05) is 24.3 Å². The van der Waals surface area contributed by atoms with Crippen LogP contribution in [-0.4, -0.2) is 63.1 Å². The third-order valence-electron chi connectivity index (χ3n) is 8.41. The van der Waals surface area contributed by atoms with Crippen molar-refractivity contribution in [2.75, 3.05) is 52.9 Å². The first-order chi connectivity index (χ1) is 22.5. The first-order valence-corrected chi connectivity index (χ1v) is 16.6. The van der Waals surface area contributed by atoms with Crippen LogP contribution in [0.5, 0.6) is 11.5 Å². The zero-order valence-corrected chi connectivity index (χ0v) is 28.9. The van der Waals surface area contributed by atoms with Crippen LogP contribution < -0.4 is 9.47 Å². The van der Waals surface area contributed by atoms with Gasteiger partial charge in [0.15, 0.2) is 0 Å². The summed E-state index contributed by atoms with van der Waals surface area (Å²) in [5.41, 5.74) is 6.49. The van der Waals surface area contributed by atoms with Crippen molar-refractivity contribution >= 4 is 0 Å². The van der Waals surface area contributed by atoms with Gasteiger partial charge in [-0.2, -0.15) is 0 Å². The molecular weight excluding hydrogens is 588 g/mol. The second kappa shape index (κ2) is 16.4. The Morgan fingerprint density at radius 3 is 0.936 bits per heavy atom. The van der Waals surface area contributed by atoms with Crippen LogP contribution in [0.2, 0.25) is 0 Å². The van der Waals surface area contributed by atoms with Gasteiger partial charge in [0.05, 0.1) is 45.1 Å². The summed E-state index contributed by atoms with van der Waals surface area (Å²) in [7, 11) is 0. The quantitative estimate of drug-likeness (QED) is 0.0980. The SMILES string of the molecule is CC(C)(C)c1ccc(C(c2ccc(OCCOCCO)cc2)(c2ccc(OCCOCCO)cc2)c2ccc(C(C)(C)C)cc2)cc1. The van der Waals surface area contributed by atoms with Crippen molar-refractivity contribution in [2.24, 2.45) is 0 Å². The Labute approximate surface area is 281 Å². The molecule has 0 spiro atoms. The topological polar surface area (TPSA) is 77.4 Å². The van der Waals surface area contributed by atoms with Gasteiger partial charge in [-0.3, -0.25) is 0 Å². The van der Waals surface area contributed by atoms with Gasteiger partial charge >= 0.3 is 0 Å². The summed E-state index contributed by atoms with van der Waals surface area (Å²) < 4.78 is 22.7. The minimum absolute atomic E-state index is 0.00358. The minimum Gasteiger partial charge on any atom is -0.491 e. The molecule has 0 aliphatic heterocycles. The number of rotatable bonds is 16. The zero-order chi connectivity index (χ0) is 33.9. The van der Waals surface area contributed by atoms with Crippen LogP contribution in [0.3, 0.4) is 0 Å². The molecule has 4 aromatic carbocycles. The standard InChI is InChI=1S/C41H52O6/c1-39(2,3)31-7-11-33(12-8-31)41(34-13-9-32(10-14-34)40(4,5)6,35-15-19-37(20-16-35)46-29-27-44-25-23-42)36-17-21-38(22-18-36)47-30-28-45-26-24-43/h7-22,42-43H,23-30H2,1-6H3. The van der Waals surface area contributed by atoms with Gasteiger partial charge in [0, 0.05) is 0 Å². The second-order valence-electron chi connectivity index (χ2n) is 13.8. The summed E-state index contributed by atoms with van der Waals surface area (Å²) >= 11 is 0. The number of aliphatic hydroxyl groups is 2. The summed E-state index contributed by atoms with van der Waals surface area (Å²) in [5.74, 6) is 1.52. The molecule has 0 atom stereocenters. The largest absolute Gasteiger partial charge is 0.491 e. The first-order valence-electron chi connectivity index (χ1n) is 16.6. The third-order valence-corrected chi connectivity index (χ3v) is 8.41. The lowest BCUT2D eigenvalue weighted by atomic mass is 9.64. The molecule has 4 aromatic rings. The van der Waals surface area contributed by atoms with E-state index in [0.29, 0.717) is 39.6 Å². The fourth-order valence-corrected chi connectivity index (χ4v) is 5.81.